The Morgan fingerprint density at radius 2 is 2.19 bits per heavy atom. The van der Waals surface area contributed by atoms with Gasteiger partial charge in [0.15, 0.2) is 0 Å². The third-order valence-corrected chi connectivity index (χ3v) is 3.82. The molecule has 1 fully saturated rings. The summed E-state index contributed by atoms with van der Waals surface area (Å²) in [7, 11) is 2.15. The Labute approximate surface area is 122 Å². The van der Waals surface area contributed by atoms with E-state index < -0.39 is 0 Å². The first-order valence-corrected chi connectivity index (χ1v) is 7.13. The molecule has 1 aliphatic rings. The number of pyridine rings is 1. The van der Waals surface area contributed by atoms with Gasteiger partial charge in [0.2, 0.25) is 0 Å². The Hall–Kier alpha value is -2.21. The van der Waals surface area contributed by atoms with Crippen LogP contribution >= 0.6 is 0 Å². The predicted octanol–water partition coefficient (Wildman–Crippen LogP) is 2.65. The van der Waals surface area contributed by atoms with Gasteiger partial charge in [0, 0.05) is 36.7 Å². The van der Waals surface area contributed by atoms with Crippen molar-refractivity contribution in [2.24, 2.45) is 0 Å². The molecule has 2 aromatic rings. The van der Waals surface area contributed by atoms with Crippen LogP contribution in [0.3, 0.4) is 0 Å². The van der Waals surface area contributed by atoms with E-state index in [9.17, 15) is 10.1 Å². The Kier molecular flexibility index (Phi) is 3.70. The lowest BCUT2D eigenvalue weighted by atomic mass is 10.2. The first-order valence-electron chi connectivity index (χ1n) is 7.13. The van der Waals surface area contributed by atoms with Gasteiger partial charge in [-0.05, 0) is 38.1 Å². The highest BCUT2D eigenvalue weighted by Gasteiger charge is 2.25. The van der Waals surface area contributed by atoms with Gasteiger partial charge in [-0.25, -0.2) is 4.98 Å². The van der Waals surface area contributed by atoms with E-state index in [0.29, 0.717) is 0 Å². The van der Waals surface area contributed by atoms with Gasteiger partial charge >= 0.3 is 0 Å². The second-order valence-corrected chi connectivity index (χ2v) is 5.47. The van der Waals surface area contributed by atoms with Crippen LogP contribution in [0.5, 0.6) is 0 Å². The average Bonchev–Trinajstić information content (AvgIpc) is 3.31. The molecule has 0 radical (unpaired) electrons. The van der Waals surface area contributed by atoms with Gasteiger partial charge in [-0.1, -0.05) is 0 Å². The van der Waals surface area contributed by atoms with Crippen molar-refractivity contribution in [3.63, 3.8) is 0 Å². The minimum atomic E-state index is -0.390. The van der Waals surface area contributed by atoms with Crippen molar-refractivity contribution in [3.8, 4) is 0 Å². The van der Waals surface area contributed by atoms with Crippen LogP contribution in [0.2, 0.25) is 0 Å². The van der Waals surface area contributed by atoms with E-state index in [2.05, 4.69) is 22.2 Å². The van der Waals surface area contributed by atoms with Gasteiger partial charge < -0.3 is 10.2 Å². The minimum Gasteiger partial charge on any atom is -0.369 e. The van der Waals surface area contributed by atoms with Crippen LogP contribution in [0, 0.1) is 10.1 Å². The molecular formula is C15H18N4O2. The Bertz CT molecular complexity index is 670. The molecule has 0 unspecified atom stereocenters. The average molecular weight is 286 g/mol. The summed E-state index contributed by atoms with van der Waals surface area (Å²) in [5.41, 5.74) is 0.859. The van der Waals surface area contributed by atoms with Crippen molar-refractivity contribution < 1.29 is 4.92 Å². The van der Waals surface area contributed by atoms with E-state index in [1.807, 2.05) is 12.1 Å². The first kappa shape index (κ1) is 13.8. The summed E-state index contributed by atoms with van der Waals surface area (Å²) in [4.78, 5) is 17.2. The number of aromatic nitrogens is 1. The number of nitro groups is 1. The van der Waals surface area contributed by atoms with Crippen LogP contribution in [0.4, 0.5) is 11.5 Å². The van der Waals surface area contributed by atoms with Crippen LogP contribution in [-0.4, -0.2) is 41.0 Å². The molecule has 6 nitrogen and oxygen atoms in total. The van der Waals surface area contributed by atoms with Crippen LogP contribution in [0.25, 0.3) is 10.9 Å². The van der Waals surface area contributed by atoms with E-state index >= 15 is 0 Å². The molecule has 1 N–H and O–H groups in total. The fourth-order valence-electron chi connectivity index (χ4n) is 2.38. The number of likely N-dealkylation sites (N-methyl/N-ethyl adjacent to an activating group) is 1. The number of fused-ring (bicyclic) bond motifs is 1. The number of nitrogens with zero attached hydrogens (tertiary/aromatic N) is 3. The molecule has 1 aromatic heterocycles. The Balaban J connectivity index is 1.66. The zero-order valence-corrected chi connectivity index (χ0v) is 12.0. The molecule has 3 rings (SSSR count). The molecule has 0 aliphatic heterocycles. The molecule has 1 heterocycles. The van der Waals surface area contributed by atoms with E-state index in [-0.39, 0.29) is 10.6 Å². The number of hydrogen-bond acceptors (Lipinski definition) is 5. The Morgan fingerprint density at radius 3 is 2.90 bits per heavy atom. The fourth-order valence-corrected chi connectivity index (χ4v) is 2.38. The lowest BCUT2D eigenvalue weighted by Gasteiger charge is -2.16. The van der Waals surface area contributed by atoms with Crippen molar-refractivity contribution in [3.05, 3.63) is 40.4 Å². The lowest BCUT2D eigenvalue weighted by molar-refractivity contribution is -0.384. The Morgan fingerprint density at radius 1 is 1.38 bits per heavy atom. The topological polar surface area (TPSA) is 71.3 Å². The van der Waals surface area contributed by atoms with Gasteiger partial charge in [0.1, 0.15) is 5.82 Å². The third kappa shape index (κ3) is 3.28. The van der Waals surface area contributed by atoms with E-state index in [1.165, 1.54) is 18.9 Å². The number of benzene rings is 1. The van der Waals surface area contributed by atoms with Crippen molar-refractivity contribution in [2.75, 3.05) is 25.5 Å². The molecule has 1 aliphatic carbocycles. The number of rotatable bonds is 6. The molecule has 0 amide bonds. The molecule has 6 heteroatoms. The molecule has 1 aromatic carbocycles. The molecule has 0 saturated heterocycles. The minimum absolute atomic E-state index is 0.0936. The van der Waals surface area contributed by atoms with Gasteiger partial charge in [-0.15, -0.1) is 0 Å². The monoisotopic (exact) mass is 286 g/mol. The number of non-ortho nitro benzene ring substituents is 1. The largest absolute Gasteiger partial charge is 0.369 e. The molecule has 0 atom stereocenters. The van der Waals surface area contributed by atoms with Gasteiger partial charge in [-0.3, -0.25) is 10.1 Å². The standard InChI is InChI=1S/C15H18N4O2/c1-18(12-3-4-12)9-8-16-15-7-2-11-10-13(19(20)21)5-6-14(11)17-15/h2,5-7,10,12H,3-4,8-9H2,1H3,(H,16,17). The van der Waals surface area contributed by atoms with Crippen LogP contribution < -0.4 is 5.32 Å². The molecule has 21 heavy (non-hydrogen) atoms. The SMILES string of the molecule is CN(CCNc1ccc2cc([N+](=O)[O-])ccc2n1)C1CC1. The highest BCUT2D eigenvalue weighted by atomic mass is 16.6. The summed E-state index contributed by atoms with van der Waals surface area (Å²) in [6.45, 7) is 1.84. The number of hydrogen-bond donors (Lipinski definition) is 1. The first-order chi connectivity index (χ1) is 10.1. The molecular weight excluding hydrogens is 268 g/mol. The number of anilines is 1. The van der Waals surface area contributed by atoms with Crippen molar-refractivity contribution in [1.82, 2.24) is 9.88 Å². The summed E-state index contributed by atoms with van der Waals surface area (Å²) in [5, 5.41) is 14.8. The number of nitrogens with one attached hydrogen (secondary N) is 1. The lowest BCUT2D eigenvalue weighted by Crippen LogP contribution is -2.27. The molecule has 0 bridgehead atoms. The van der Waals surface area contributed by atoms with Crippen LogP contribution in [0.15, 0.2) is 30.3 Å². The van der Waals surface area contributed by atoms with Crippen molar-refractivity contribution in [2.45, 2.75) is 18.9 Å². The summed E-state index contributed by atoms with van der Waals surface area (Å²) < 4.78 is 0. The smallest absolute Gasteiger partial charge is 0.270 e. The van der Waals surface area contributed by atoms with Gasteiger partial charge in [0.05, 0.1) is 10.4 Å². The van der Waals surface area contributed by atoms with E-state index in [0.717, 1.165) is 35.9 Å². The predicted molar refractivity (Wildman–Crippen MR) is 82.5 cm³/mol. The van der Waals surface area contributed by atoms with Crippen LogP contribution in [0.1, 0.15) is 12.8 Å². The summed E-state index contributed by atoms with van der Waals surface area (Å²) >= 11 is 0. The second-order valence-electron chi connectivity index (χ2n) is 5.47. The van der Waals surface area contributed by atoms with Gasteiger partial charge in [-0.2, -0.15) is 0 Å². The maximum atomic E-state index is 10.7. The zero-order valence-electron chi connectivity index (χ0n) is 12.0. The maximum Gasteiger partial charge on any atom is 0.270 e. The summed E-state index contributed by atoms with van der Waals surface area (Å²) in [5.74, 6) is 0.806. The van der Waals surface area contributed by atoms with Crippen molar-refractivity contribution >= 4 is 22.4 Å². The fraction of sp³-hybridized carbons (Fsp3) is 0.400. The third-order valence-electron chi connectivity index (χ3n) is 3.82. The van der Waals surface area contributed by atoms with E-state index in [4.69, 9.17) is 0 Å². The van der Waals surface area contributed by atoms with Crippen molar-refractivity contribution in [1.29, 1.82) is 0 Å². The van der Waals surface area contributed by atoms with Crippen LogP contribution in [-0.2, 0) is 0 Å². The summed E-state index contributed by atoms with van der Waals surface area (Å²) in [6, 6.07) is 9.21. The highest BCUT2D eigenvalue weighted by molar-refractivity contribution is 5.82. The summed E-state index contributed by atoms with van der Waals surface area (Å²) in [6.07, 6.45) is 2.62. The second kappa shape index (κ2) is 5.65. The zero-order chi connectivity index (χ0) is 14.8. The normalized spacial score (nSPS) is 14.6. The van der Waals surface area contributed by atoms with Gasteiger partial charge in [0.25, 0.3) is 5.69 Å². The molecule has 1 saturated carbocycles. The maximum absolute atomic E-state index is 10.7. The highest BCUT2D eigenvalue weighted by Crippen LogP contribution is 2.25. The molecule has 0 spiro atoms. The van der Waals surface area contributed by atoms with E-state index in [1.54, 1.807) is 12.1 Å². The quantitative estimate of drug-likeness (QED) is 0.653. The molecule has 110 valence electrons. The number of nitro benzene ring substituents is 1.